The minimum atomic E-state index is -0.424. The van der Waals surface area contributed by atoms with Crippen LogP contribution in [0.25, 0.3) is 6.08 Å². The fraction of sp³-hybridized carbons (Fsp3) is 0.217. The summed E-state index contributed by atoms with van der Waals surface area (Å²) < 4.78 is 12.8. The predicted molar refractivity (Wildman–Crippen MR) is 116 cm³/mol. The molecular weight excluding hydrogens is 398 g/mol. The van der Waals surface area contributed by atoms with Gasteiger partial charge in [-0.15, -0.1) is 0 Å². The van der Waals surface area contributed by atoms with E-state index in [9.17, 15) is 14.9 Å². The summed E-state index contributed by atoms with van der Waals surface area (Å²) in [4.78, 5) is 23.0. The topological polar surface area (TPSA) is 96.5 Å². The van der Waals surface area contributed by atoms with Gasteiger partial charge in [0.25, 0.3) is 5.69 Å². The second-order valence-electron chi connectivity index (χ2n) is 7.06. The highest BCUT2D eigenvalue weighted by Gasteiger charge is 2.12. The number of hydrogen-bond acceptors (Lipinski definition) is 6. The maximum atomic E-state index is 12.4. The first kappa shape index (κ1) is 21.8. The van der Waals surface area contributed by atoms with Gasteiger partial charge in [-0.3, -0.25) is 19.6 Å². The van der Waals surface area contributed by atoms with Crippen molar-refractivity contribution in [1.29, 1.82) is 0 Å². The summed E-state index contributed by atoms with van der Waals surface area (Å²) in [6, 6.07) is 10.1. The van der Waals surface area contributed by atoms with E-state index in [0.29, 0.717) is 28.3 Å². The molecule has 0 bridgehead atoms. The van der Waals surface area contributed by atoms with Gasteiger partial charge in [0.2, 0.25) is 0 Å². The molecule has 0 aliphatic heterocycles. The smallest absolute Gasteiger partial charge is 0.272 e. The molecule has 160 valence electrons. The van der Waals surface area contributed by atoms with Crippen LogP contribution in [0.5, 0.6) is 11.5 Å². The van der Waals surface area contributed by atoms with Crippen molar-refractivity contribution in [2.45, 2.75) is 20.5 Å². The van der Waals surface area contributed by atoms with E-state index in [1.54, 1.807) is 63.2 Å². The summed E-state index contributed by atoms with van der Waals surface area (Å²) in [5.74, 6) is 1.04. The zero-order chi connectivity index (χ0) is 22.5. The van der Waals surface area contributed by atoms with Crippen LogP contribution in [0.1, 0.15) is 32.7 Å². The van der Waals surface area contributed by atoms with E-state index in [-0.39, 0.29) is 18.1 Å². The molecule has 3 aromatic rings. The van der Waals surface area contributed by atoms with Crippen LogP contribution < -0.4 is 9.47 Å². The second-order valence-corrected chi connectivity index (χ2v) is 7.06. The Labute approximate surface area is 179 Å². The second kappa shape index (κ2) is 9.25. The maximum absolute atomic E-state index is 12.4. The summed E-state index contributed by atoms with van der Waals surface area (Å²) in [7, 11) is 3.34. The highest BCUT2D eigenvalue weighted by molar-refractivity contribution is 6.07. The summed E-state index contributed by atoms with van der Waals surface area (Å²) in [6.07, 6.45) is 4.94. The molecule has 31 heavy (non-hydrogen) atoms. The predicted octanol–water partition coefficient (Wildman–Crippen LogP) is 4.43. The minimum Gasteiger partial charge on any atom is -0.496 e. The number of methoxy groups -OCH3 is 1. The quantitative estimate of drug-likeness (QED) is 0.231. The Hall–Kier alpha value is -3.94. The van der Waals surface area contributed by atoms with Crippen LogP contribution >= 0.6 is 0 Å². The number of hydrogen-bond donors (Lipinski definition) is 0. The van der Waals surface area contributed by atoms with Gasteiger partial charge in [0, 0.05) is 30.4 Å². The molecule has 8 nitrogen and oxygen atoms in total. The lowest BCUT2D eigenvalue weighted by Crippen LogP contribution is -2.00. The van der Waals surface area contributed by atoms with E-state index in [1.165, 1.54) is 12.1 Å². The van der Waals surface area contributed by atoms with Gasteiger partial charge in [-0.05, 0) is 49.8 Å². The van der Waals surface area contributed by atoms with Gasteiger partial charge >= 0.3 is 0 Å². The Bertz CT molecular complexity index is 1160. The number of nitrogens with zero attached hydrogens (tertiary/aromatic N) is 3. The maximum Gasteiger partial charge on any atom is 0.272 e. The van der Waals surface area contributed by atoms with Crippen LogP contribution in [0.3, 0.4) is 0 Å². The number of carbonyl (C=O) groups is 1. The molecule has 0 radical (unpaired) electrons. The van der Waals surface area contributed by atoms with Gasteiger partial charge in [-0.1, -0.05) is 12.1 Å². The zero-order valence-electron chi connectivity index (χ0n) is 17.8. The Balaban J connectivity index is 1.76. The Morgan fingerprint density at radius 2 is 2.00 bits per heavy atom. The van der Waals surface area contributed by atoms with Crippen molar-refractivity contribution in [3.05, 3.63) is 86.7 Å². The molecule has 0 spiro atoms. The number of nitro groups is 1. The summed E-state index contributed by atoms with van der Waals surface area (Å²) in [5, 5.41) is 15.2. The van der Waals surface area contributed by atoms with Crippen LogP contribution in [0.4, 0.5) is 5.69 Å². The molecule has 0 aliphatic rings. The van der Waals surface area contributed by atoms with Crippen LogP contribution in [-0.2, 0) is 13.7 Å². The highest BCUT2D eigenvalue weighted by Crippen LogP contribution is 2.26. The number of aryl methyl sites for hydroxylation is 3. The highest BCUT2D eigenvalue weighted by atomic mass is 16.6. The Morgan fingerprint density at radius 3 is 2.61 bits per heavy atom. The van der Waals surface area contributed by atoms with Crippen molar-refractivity contribution in [1.82, 2.24) is 9.78 Å². The van der Waals surface area contributed by atoms with E-state index < -0.39 is 4.92 Å². The van der Waals surface area contributed by atoms with Crippen molar-refractivity contribution < 1.29 is 19.2 Å². The number of ether oxygens (including phenoxy) is 2. The van der Waals surface area contributed by atoms with Crippen molar-refractivity contribution in [3.63, 3.8) is 0 Å². The lowest BCUT2D eigenvalue weighted by atomic mass is 10.1. The van der Waals surface area contributed by atoms with Crippen molar-refractivity contribution >= 4 is 17.5 Å². The first-order valence-electron chi connectivity index (χ1n) is 9.56. The van der Waals surface area contributed by atoms with Gasteiger partial charge in [-0.25, -0.2) is 0 Å². The van der Waals surface area contributed by atoms with E-state index in [2.05, 4.69) is 5.10 Å². The summed E-state index contributed by atoms with van der Waals surface area (Å²) >= 11 is 0. The van der Waals surface area contributed by atoms with E-state index in [0.717, 1.165) is 11.1 Å². The number of ketones is 1. The third kappa shape index (κ3) is 5.16. The third-order valence-corrected chi connectivity index (χ3v) is 4.77. The average Bonchev–Trinajstić information content (AvgIpc) is 3.08. The average molecular weight is 421 g/mol. The van der Waals surface area contributed by atoms with Crippen molar-refractivity contribution in [3.8, 4) is 11.5 Å². The normalized spacial score (nSPS) is 11.0. The first-order valence-corrected chi connectivity index (χ1v) is 9.56. The molecular formula is C23H23N3O5. The van der Waals surface area contributed by atoms with Gasteiger partial charge in [0.1, 0.15) is 18.1 Å². The fourth-order valence-corrected chi connectivity index (χ4v) is 3.20. The first-order chi connectivity index (χ1) is 14.8. The molecule has 0 fully saturated rings. The van der Waals surface area contributed by atoms with Gasteiger partial charge in [0.05, 0.1) is 23.3 Å². The van der Waals surface area contributed by atoms with Gasteiger partial charge in [0.15, 0.2) is 5.78 Å². The molecule has 0 unspecified atom stereocenters. The number of allylic oxidation sites excluding steroid dienone is 1. The monoisotopic (exact) mass is 421 g/mol. The van der Waals surface area contributed by atoms with Crippen LogP contribution in [-0.4, -0.2) is 27.6 Å². The molecule has 3 rings (SSSR count). The molecule has 0 atom stereocenters. The van der Waals surface area contributed by atoms with Crippen LogP contribution in [0.15, 0.2) is 48.7 Å². The number of aromatic nitrogens is 2. The molecule has 0 N–H and O–H groups in total. The minimum absolute atomic E-state index is 0.0468. The Kier molecular flexibility index (Phi) is 6.49. The number of carbonyl (C=O) groups excluding carboxylic acids is 1. The summed E-state index contributed by atoms with van der Waals surface area (Å²) in [6.45, 7) is 3.67. The van der Waals surface area contributed by atoms with Crippen LogP contribution in [0, 0.1) is 24.0 Å². The molecule has 8 heteroatoms. The zero-order valence-corrected chi connectivity index (χ0v) is 17.8. The van der Waals surface area contributed by atoms with Gasteiger partial charge < -0.3 is 9.47 Å². The number of benzene rings is 2. The fourth-order valence-electron chi connectivity index (χ4n) is 3.20. The van der Waals surface area contributed by atoms with E-state index in [1.807, 2.05) is 12.1 Å². The molecule has 2 aromatic carbocycles. The molecule has 1 heterocycles. The Morgan fingerprint density at radius 1 is 1.23 bits per heavy atom. The molecule has 0 saturated carbocycles. The van der Waals surface area contributed by atoms with Crippen molar-refractivity contribution in [2.24, 2.45) is 7.05 Å². The lowest BCUT2D eigenvalue weighted by Gasteiger charge is -2.12. The SMILES string of the molecule is COc1ccc(/C=C/C(=O)c2cn(C)nc2C)cc1COc1ccc([N+](=O)[O-])c(C)c1. The van der Waals surface area contributed by atoms with E-state index in [4.69, 9.17) is 9.47 Å². The number of nitro benzene ring substituents is 1. The van der Waals surface area contributed by atoms with E-state index >= 15 is 0 Å². The molecule has 0 amide bonds. The molecule has 1 aromatic heterocycles. The largest absolute Gasteiger partial charge is 0.496 e. The molecule has 0 saturated heterocycles. The van der Waals surface area contributed by atoms with Crippen LogP contribution in [0.2, 0.25) is 0 Å². The number of rotatable bonds is 8. The molecule has 0 aliphatic carbocycles. The lowest BCUT2D eigenvalue weighted by molar-refractivity contribution is -0.385. The third-order valence-electron chi connectivity index (χ3n) is 4.77. The summed E-state index contributed by atoms with van der Waals surface area (Å²) in [5.41, 5.74) is 3.41. The standard InChI is InChI=1S/C23H23N3O5/c1-15-11-19(7-8-21(15)26(28)29)31-14-18-12-17(6-10-23(18)30-4)5-9-22(27)20-13-25(3)24-16(20)2/h5-13H,14H2,1-4H3/b9-5+. The van der Waals surface area contributed by atoms with Crippen molar-refractivity contribution in [2.75, 3.05) is 7.11 Å². The van der Waals surface area contributed by atoms with Gasteiger partial charge in [-0.2, -0.15) is 5.10 Å².